The molecule has 1 atom stereocenters. The summed E-state index contributed by atoms with van der Waals surface area (Å²) in [6, 6.07) is 19.4. The highest BCUT2D eigenvalue weighted by molar-refractivity contribution is 5.91. The van der Waals surface area contributed by atoms with Crippen LogP contribution in [0, 0.1) is 0 Å². The Morgan fingerprint density at radius 1 is 1.03 bits per heavy atom. The minimum absolute atomic E-state index is 0.151. The van der Waals surface area contributed by atoms with Gasteiger partial charge in [-0.05, 0) is 24.0 Å². The molecular formula is C22H25N3O4. The van der Waals surface area contributed by atoms with Crippen molar-refractivity contribution < 1.29 is 19.5 Å². The number of amides is 2. The van der Waals surface area contributed by atoms with E-state index in [4.69, 9.17) is 10.8 Å². The van der Waals surface area contributed by atoms with Gasteiger partial charge in [-0.15, -0.1) is 0 Å². The van der Waals surface area contributed by atoms with Crippen LogP contribution in [0.3, 0.4) is 0 Å². The van der Waals surface area contributed by atoms with Crippen LogP contribution in [0.1, 0.15) is 36.3 Å². The maximum Gasteiger partial charge on any atom is 0.317 e. The molecule has 1 saturated heterocycles. The monoisotopic (exact) mass is 395 g/mol. The Morgan fingerprint density at radius 3 is 2.07 bits per heavy atom. The molecule has 3 rings (SSSR count). The van der Waals surface area contributed by atoms with E-state index in [9.17, 15) is 14.4 Å². The van der Waals surface area contributed by atoms with Gasteiger partial charge in [-0.3, -0.25) is 19.7 Å². The number of primary amides is 1. The SMILES string of the molecule is NC(=O)C1(NCC(=O)O)CCCN1C(=O)CC(c1ccccc1)c1ccccc1. The van der Waals surface area contributed by atoms with Gasteiger partial charge in [0.25, 0.3) is 5.91 Å². The summed E-state index contributed by atoms with van der Waals surface area (Å²) in [5.74, 6) is -2.27. The molecule has 0 radical (unpaired) electrons. The highest BCUT2D eigenvalue weighted by Crippen LogP contribution is 2.33. The number of carboxylic acid groups (broad SMARTS) is 1. The number of benzene rings is 2. The second kappa shape index (κ2) is 8.87. The van der Waals surface area contributed by atoms with E-state index >= 15 is 0 Å². The summed E-state index contributed by atoms with van der Waals surface area (Å²) < 4.78 is 0. The molecule has 2 aromatic rings. The molecule has 0 aliphatic carbocycles. The van der Waals surface area contributed by atoms with Crippen LogP contribution in [0.4, 0.5) is 0 Å². The molecule has 0 bridgehead atoms. The lowest BCUT2D eigenvalue weighted by Gasteiger charge is -2.37. The molecule has 1 unspecified atom stereocenters. The molecule has 0 aromatic heterocycles. The van der Waals surface area contributed by atoms with Crippen LogP contribution in [0.2, 0.25) is 0 Å². The number of likely N-dealkylation sites (tertiary alicyclic amines) is 1. The number of nitrogens with zero attached hydrogens (tertiary/aromatic N) is 1. The van der Waals surface area contributed by atoms with Gasteiger partial charge in [-0.2, -0.15) is 0 Å². The second-order valence-corrected chi connectivity index (χ2v) is 7.20. The molecule has 2 amide bonds. The summed E-state index contributed by atoms with van der Waals surface area (Å²) in [4.78, 5) is 38.0. The average molecular weight is 395 g/mol. The standard InChI is InChI=1S/C22H25N3O4/c23-21(29)22(24-15-20(27)28)12-7-13-25(22)19(26)14-18(16-8-3-1-4-9-16)17-10-5-2-6-11-17/h1-6,8-11,18,24H,7,12-15H2,(H2,23,29)(H,27,28). The Kier molecular flexibility index (Phi) is 6.29. The van der Waals surface area contributed by atoms with Gasteiger partial charge in [0.05, 0.1) is 6.54 Å². The lowest BCUT2D eigenvalue weighted by molar-refractivity contribution is -0.147. The minimum atomic E-state index is -1.46. The number of carboxylic acids is 1. The first kappa shape index (κ1) is 20.5. The van der Waals surface area contributed by atoms with Gasteiger partial charge in [0.15, 0.2) is 5.66 Å². The van der Waals surface area contributed by atoms with Crippen molar-refractivity contribution in [3.63, 3.8) is 0 Å². The smallest absolute Gasteiger partial charge is 0.317 e. The molecule has 0 spiro atoms. The number of nitrogens with two attached hydrogens (primary N) is 1. The summed E-state index contributed by atoms with van der Waals surface area (Å²) in [5, 5.41) is 11.7. The van der Waals surface area contributed by atoms with E-state index in [2.05, 4.69) is 5.32 Å². The van der Waals surface area contributed by atoms with Crippen LogP contribution in [0.5, 0.6) is 0 Å². The zero-order valence-corrected chi connectivity index (χ0v) is 16.1. The molecule has 0 saturated carbocycles. The fourth-order valence-corrected chi connectivity index (χ4v) is 3.99. The van der Waals surface area contributed by atoms with Gasteiger partial charge in [-0.25, -0.2) is 0 Å². The number of hydrogen-bond acceptors (Lipinski definition) is 4. The molecule has 4 N–H and O–H groups in total. The van der Waals surface area contributed by atoms with Crippen molar-refractivity contribution in [1.29, 1.82) is 0 Å². The van der Waals surface area contributed by atoms with Gasteiger partial charge in [0.1, 0.15) is 0 Å². The molecule has 2 aromatic carbocycles. The number of aliphatic carboxylic acids is 1. The van der Waals surface area contributed by atoms with Crippen LogP contribution in [0.15, 0.2) is 60.7 Å². The van der Waals surface area contributed by atoms with Crippen molar-refractivity contribution in [2.24, 2.45) is 5.73 Å². The molecule has 1 fully saturated rings. The highest BCUT2D eigenvalue weighted by Gasteiger charge is 2.48. The number of rotatable bonds is 8. The van der Waals surface area contributed by atoms with Crippen molar-refractivity contribution >= 4 is 17.8 Å². The van der Waals surface area contributed by atoms with Crippen LogP contribution in [0.25, 0.3) is 0 Å². The Morgan fingerprint density at radius 2 is 1.59 bits per heavy atom. The first-order valence-corrected chi connectivity index (χ1v) is 9.61. The molecule has 1 aliphatic heterocycles. The molecule has 1 aliphatic rings. The van der Waals surface area contributed by atoms with E-state index in [1.807, 2.05) is 60.7 Å². The number of hydrogen-bond donors (Lipinski definition) is 3. The van der Waals surface area contributed by atoms with Crippen molar-refractivity contribution in [2.75, 3.05) is 13.1 Å². The van der Waals surface area contributed by atoms with E-state index in [-0.39, 0.29) is 18.2 Å². The van der Waals surface area contributed by atoms with Crippen LogP contribution in [-0.4, -0.2) is 46.5 Å². The molecule has 1 heterocycles. The Labute approximate surface area is 169 Å². The van der Waals surface area contributed by atoms with E-state index < -0.39 is 24.1 Å². The summed E-state index contributed by atoms with van der Waals surface area (Å²) in [5.41, 5.74) is 6.14. The van der Waals surface area contributed by atoms with Gasteiger partial charge >= 0.3 is 5.97 Å². The van der Waals surface area contributed by atoms with Crippen molar-refractivity contribution in [3.8, 4) is 0 Å². The molecular weight excluding hydrogens is 370 g/mol. The first-order valence-electron chi connectivity index (χ1n) is 9.61. The lowest BCUT2D eigenvalue weighted by atomic mass is 9.88. The van der Waals surface area contributed by atoms with Crippen molar-refractivity contribution in [3.05, 3.63) is 71.8 Å². The number of nitrogens with one attached hydrogen (secondary N) is 1. The Bertz CT molecular complexity index is 833. The van der Waals surface area contributed by atoms with Gasteiger partial charge in [0.2, 0.25) is 5.91 Å². The second-order valence-electron chi connectivity index (χ2n) is 7.20. The van der Waals surface area contributed by atoms with Crippen LogP contribution < -0.4 is 11.1 Å². The minimum Gasteiger partial charge on any atom is -0.480 e. The third-order valence-electron chi connectivity index (χ3n) is 5.40. The largest absolute Gasteiger partial charge is 0.480 e. The molecule has 7 heteroatoms. The molecule has 152 valence electrons. The molecule has 29 heavy (non-hydrogen) atoms. The summed E-state index contributed by atoms with van der Waals surface area (Å²) in [6.07, 6.45) is 1.02. The van der Waals surface area contributed by atoms with E-state index in [1.165, 1.54) is 4.90 Å². The topological polar surface area (TPSA) is 113 Å². The maximum atomic E-state index is 13.3. The van der Waals surface area contributed by atoms with Gasteiger partial charge in [-0.1, -0.05) is 60.7 Å². The summed E-state index contributed by atoms with van der Waals surface area (Å²) in [6.45, 7) is -0.0990. The predicted octanol–water partition coefficient (Wildman–Crippen LogP) is 1.69. The highest BCUT2D eigenvalue weighted by atomic mass is 16.4. The first-order chi connectivity index (χ1) is 13.9. The van der Waals surface area contributed by atoms with Crippen LogP contribution in [-0.2, 0) is 14.4 Å². The summed E-state index contributed by atoms with van der Waals surface area (Å²) >= 11 is 0. The van der Waals surface area contributed by atoms with Crippen molar-refractivity contribution in [2.45, 2.75) is 30.8 Å². The Balaban J connectivity index is 1.88. The van der Waals surface area contributed by atoms with E-state index in [0.29, 0.717) is 19.4 Å². The number of carbonyl (C=O) groups is 3. The quantitative estimate of drug-likeness (QED) is 0.630. The predicted molar refractivity (Wildman–Crippen MR) is 108 cm³/mol. The normalized spacial score (nSPS) is 18.7. The van der Waals surface area contributed by atoms with Gasteiger partial charge in [0, 0.05) is 18.9 Å². The zero-order valence-electron chi connectivity index (χ0n) is 16.1. The number of carbonyl (C=O) groups excluding carboxylic acids is 2. The zero-order chi connectivity index (χ0) is 20.9. The van der Waals surface area contributed by atoms with E-state index in [1.54, 1.807) is 0 Å². The van der Waals surface area contributed by atoms with Gasteiger partial charge < -0.3 is 15.7 Å². The lowest BCUT2D eigenvalue weighted by Crippen LogP contribution is -2.65. The fraction of sp³-hybridized carbons (Fsp3) is 0.318. The fourth-order valence-electron chi connectivity index (χ4n) is 3.99. The third-order valence-corrected chi connectivity index (χ3v) is 5.40. The van der Waals surface area contributed by atoms with Crippen molar-refractivity contribution in [1.82, 2.24) is 10.2 Å². The van der Waals surface area contributed by atoms with Crippen LogP contribution >= 0.6 is 0 Å². The average Bonchev–Trinajstić information content (AvgIpc) is 3.17. The Hall–Kier alpha value is -3.19. The van der Waals surface area contributed by atoms with E-state index in [0.717, 1.165) is 11.1 Å². The summed E-state index contributed by atoms with van der Waals surface area (Å²) in [7, 11) is 0. The maximum absolute atomic E-state index is 13.3. The molecule has 7 nitrogen and oxygen atoms in total. The third kappa shape index (κ3) is 4.46.